The molecule has 460 valence electrons. The number of benzene rings is 2. The number of carboxylic acid groups (broad SMARTS) is 1. The zero-order chi connectivity index (χ0) is 60.9. The molecule has 2 aromatic carbocycles. The van der Waals surface area contributed by atoms with Gasteiger partial charge in [0.05, 0.1) is 13.0 Å². The van der Waals surface area contributed by atoms with Gasteiger partial charge in [-0.05, 0) is 99.3 Å². The van der Waals surface area contributed by atoms with Crippen molar-refractivity contribution in [3.05, 3.63) is 65.7 Å². The molecule has 2 saturated carbocycles. The van der Waals surface area contributed by atoms with Crippen LogP contribution < -0.4 is 59.2 Å². The predicted molar refractivity (Wildman–Crippen MR) is 318 cm³/mol. The summed E-state index contributed by atoms with van der Waals surface area (Å²) < 4.78 is 4.95. The van der Waals surface area contributed by atoms with Crippen LogP contribution in [0.5, 0.6) is 5.75 Å². The number of hydrogen-bond donors (Lipinski definition) is 11. The van der Waals surface area contributed by atoms with E-state index in [9.17, 15) is 43.5 Å². The molecule has 2 aliphatic heterocycles. The van der Waals surface area contributed by atoms with E-state index >= 15 is 9.59 Å². The third kappa shape index (κ3) is 19.2. The monoisotopic (exact) mass is 1200 g/mol. The first-order valence-electron chi connectivity index (χ1n) is 29.2. The van der Waals surface area contributed by atoms with E-state index in [1.54, 1.807) is 56.3 Å². The van der Waals surface area contributed by atoms with Gasteiger partial charge in [-0.3, -0.25) is 52.9 Å². The number of likely N-dealkylation sites (tertiary alicyclic amines) is 1. The highest BCUT2D eigenvalue weighted by molar-refractivity contribution is 8.77. The molecule has 0 aromatic heterocycles. The Morgan fingerprint density at radius 1 is 0.762 bits per heavy atom. The number of nitrogens with one attached hydrogen (secondary N) is 7. The number of carboxylic acids is 1. The Morgan fingerprint density at radius 3 is 1.95 bits per heavy atom. The Bertz CT molecular complexity index is 2640. The summed E-state index contributed by atoms with van der Waals surface area (Å²) in [6.07, 6.45) is 7.04. The molecule has 2 aromatic rings. The van der Waals surface area contributed by atoms with Crippen LogP contribution in [0.15, 0.2) is 59.6 Å². The molecule has 9 amide bonds. The maximum absolute atomic E-state index is 15.2. The summed E-state index contributed by atoms with van der Waals surface area (Å²) in [4.78, 5) is 146. The minimum absolute atomic E-state index is 0.00212. The summed E-state index contributed by atoms with van der Waals surface area (Å²) in [5, 5.41) is 28.5. The molecule has 26 heteroatoms. The minimum atomic E-state index is -1.67. The van der Waals surface area contributed by atoms with Crippen LogP contribution in [0.4, 0.5) is 0 Å². The normalized spacial score (nSPS) is 23.7. The van der Waals surface area contributed by atoms with Crippen LogP contribution in [0.1, 0.15) is 122 Å². The molecule has 84 heavy (non-hydrogen) atoms. The number of nitrogens with two attached hydrogens (primary N) is 3. The zero-order valence-corrected chi connectivity index (χ0v) is 49.8. The summed E-state index contributed by atoms with van der Waals surface area (Å²) in [7, 11) is 2.76. The van der Waals surface area contributed by atoms with Crippen LogP contribution in [0.3, 0.4) is 0 Å². The van der Waals surface area contributed by atoms with Gasteiger partial charge in [0.15, 0.2) is 5.96 Å². The minimum Gasteiger partial charge on any atom is -0.494 e. The van der Waals surface area contributed by atoms with Gasteiger partial charge < -0.3 is 69.2 Å². The molecule has 14 N–H and O–H groups in total. The molecule has 24 nitrogen and oxygen atoms in total. The SMILES string of the molecule is CCOc1ccc(C[C@H]2NC(=O)CC(C3CCCC3)(C3CCCC3)SSC[C@@H](C(=O)N3CCC[C@@H]3C(=O)N[C@@H](CCCN=C(N)N)C(=O)NCC(=O)O)NC(=O)[C@H](CC(N)=O)NC(=O)[C@H](C(C)C)NC(=O)[C@H](Cc3ccccc3)NC2=O)cc1. The van der Waals surface area contributed by atoms with Gasteiger partial charge in [0, 0.05) is 42.9 Å². The third-order valence-corrected chi connectivity index (χ3v) is 19.4. The van der Waals surface area contributed by atoms with Crippen LogP contribution in [0, 0.1) is 17.8 Å². The molecule has 0 spiro atoms. The number of carbonyl (C=O) groups is 10. The average Bonchev–Trinajstić information content (AvgIpc) is 4.19. The Balaban J connectivity index is 1.41. The van der Waals surface area contributed by atoms with Crippen molar-refractivity contribution in [3.8, 4) is 5.75 Å². The van der Waals surface area contributed by atoms with Crippen molar-refractivity contribution in [2.45, 2.75) is 171 Å². The first-order valence-corrected chi connectivity index (χ1v) is 31.5. The molecule has 2 aliphatic carbocycles. The molecule has 4 aliphatic rings. The maximum Gasteiger partial charge on any atom is 0.322 e. The van der Waals surface area contributed by atoms with Crippen molar-refractivity contribution in [1.29, 1.82) is 0 Å². The van der Waals surface area contributed by atoms with E-state index in [1.807, 2.05) is 19.1 Å². The van der Waals surface area contributed by atoms with Crippen LogP contribution >= 0.6 is 21.6 Å². The van der Waals surface area contributed by atoms with E-state index in [1.165, 1.54) is 26.5 Å². The van der Waals surface area contributed by atoms with Gasteiger partial charge in [-0.2, -0.15) is 0 Å². The highest BCUT2D eigenvalue weighted by atomic mass is 33.1. The maximum atomic E-state index is 15.2. The standard InChI is InChI=1S/C58H84N12O12S2/c1-4-82-39-24-22-36(23-25-39)29-41-51(76)66-42(28-35-14-6-5-7-15-35)53(78)69-49(34(2)3)55(80)67-43(30-46(59)71)52(77)68-44(33-83-84-58(31-47(72)64-41,37-16-8-9-17-37)38-18-10-11-19-38)56(81)70-27-13-21-45(70)54(79)65-40(20-12-26-62-57(60)61)50(75)63-32-48(73)74/h5-7,14-15,22-25,34,37-38,40-45,49H,4,8-13,16-21,26-33H2,1-3H3,(H2,59,71)(H,63,75)(H,64,72)(H,65,79)(H,66,76)(H,67,80)(H,68,77)(H,69,78)(H,73,74)(H4,60,61,62)/t40-,41+,42-,43-,44-,45+,49-/m0/s1. The number of nitrogens with zero attached hydrogens (tertiary/aromatic N) is 2. The lowest BCUT2D eigenvalue weighted by Gasteiger charge is -2.43. The number of rotatable bonds is 21. The van der Waals surface area contributed by atoms with E-state index in [0.717, 1.165) is 51.4 Å². The first kappa shape index (κ1) is 66.1. The topological polar surface area (TPSA) is 378 Å². The van der Waals surface area contributed by atoms with Gasteiger partial charge >= 0.3 is 5.97 Å². The fourth-order valence-electron chi connectivity index (χ4n) is 11.7. The number of aliphatic imine (C=N–C) groups is 1. The van der Waals surface area contributed by atoms with Crippen molar-refractivity contribution >= 4 is 86.7 Å². The zero-order valence-electron chi connectivity index (χ0n) is 48.2. The fourth-order valence-corrected chi connectivity index (χ4v) is 15.6. The number of amides is 9. The Labute approximate surface area is 498 Å². The van der Waals surface area contributed by atoms with E-state index < -0.39 is 125 Å². The van der Waals surface area contributed by atoms with Crippen LogP contribution in [0.2, 0.25) is 0 Å². The van der Waals surface area contributed by atoms with Crippen molar-refractivity contribution in [2.75, 3.05) is 32.0 Å². The summed E-state index contributed by atoms with van der Waals surface area (Å²) >= 11 is 0. The Kier molecular flexibility index (Phi) is 25.4. The first-order chi connectivity index (χ1) is 40.2. The van der Waals surface area contributed by atoms with E-state index in [2.05, 4.69) is 42.2 Å². The summed E-state index contributed by atoms with van der Waals surface area (Å²) in [5.41, 5.74) is 18.1. The molecule has 6 rings (SSSR count). The van der Waals surface area contributed by atoms with Gasteiger partial charge in [-0.1, -0.05) is 104 Å². The van der Waals surface area contributed by atoms with Crippen LogP contribution in [-0.2, 0) is 60.8 Å². The van der Waals surface area contributed by atoms with Crippen LogP contribution in [-0.4, -0.2) is 154 Å². The van der Waals surface area contributed by atoms with Crippen molar-refractivity contribution in [1.82, 2.24) is 42.1 Å². The molecule has 2 saturated heterocycles. The summed E-state index contributed by atoms with van der Waals surface area (Å²) in [5.74, 6) is -8.34. The number of ether oxygens (including phenoxy) is 1. The smallest absolute Gasteiger partial charge is 0.322 e. The van der Waals surface area contributed by atoms with Gasteiger partial charge in [0.25, 0.3) is 0 Å². The van der Waals surface area contributed by atoms with Crippen molar-refractivity contribution < 1.29 is 57.8 Å². The van der Waals surface area contributed by atoms with Gasteiger partial charge in [0.1, 0.15) is 54.6 Å². The molecular weight excluding hydrogens is 1120 g/mol. The van der Waals surface area contributed by atoms with Crippen LogP contribution in [0.25, 0.3) is 0 Å². The summed E-state index contributed by atoms with van der Waals surface area (Å²) in [6.45, 7) is 5.05. The fraction of sp³-hybridized carbons (Fsp3) is 0.603. The Hall–Kier alpha value is -7.09. The molecule has 2 heterocycles. The second kappa shape index (κ2) is 32.3. The molecular formula is C58H84N12O12S2. The second-order valence-corrected chi connectivity index (χ2v) is 25.2. The van der Waals surface area contributed by atoms with Crippen molar-refractivity contribution in [3.63, 3.8) is 0 Å². The number of guanidine groups is 1. The molecule has 0 radical (unpaired) electrons. The molecule has 7 atom stereocenters. The van der Waals surface area contributed by atoms with E-state index in [-0.39, 0.29) is 75.2 Å². The lowest BCUT2D eigenvalue weighted by atomic mass is 9.76. The van der Waals surface area contributed by atoms with Gasteiger partial charge in [-0.25, -0.2) is 0 Å². The molecule has 0 unspecified atom stereocenters. The number of hydrogen-bond acceptors (Lipinski definition) is 14. The Morgan fingerprint density at radius 2 is 1.36 bits per heavy atom. The number of aliphatic carboxylic acids is 1. The number of carbonyl (C=O) groups excluding carboxylic acids is 9. The third-order valence-electron chi connectivity index (χ3n) is 16.0. The van der Waals surface area contributed by atoms with Gasteiger partial charge in [-0.15, -0.1) is 0 Å². The van der Waals surface area contributed by atoms with E-state index in [4.69, 9.17) is 21.9 Å². The highest BCUT2D eigenvalue weighted by Gasteiger charge is 2.50. The second-order valence-electron chi connectivity index (χ2n) is 22.4. The summed E-state index contributed by atoms with van der Waals surface area (Å²) in [6, 6.07) is 6.82. The number of primary amides is 1. The van der Waals surface area contributed by atoms with Gasteiger partial charge in [0.2, 0.25) is 53.2 Å². The predicted octanol–water partition coefficient (Wildman–Crippen LogP) is 1.46. The molecule has 4 fully saturated rings. The lowest BCUT2D eigenvalue weighted by molar-refractivity contribution is -0.142. The average molecular weight is 1210 g/mol. The van der Waals surface area contributed by atoms with E-state index in [0.29, 0.717) is 29.9 Å². The van der Waals surface area contributed by atoms with Crippen molar-refractivity contribution in [2.24, 2.45) is 39.9 Å². The molecule has 0 bridgehead atoms. The highest BCUT2D eigenvalue weighted by Crippen LogP contribution is 2.57. The quantitative estimate of drug-likeness (QED) is 0.0365. The lowest BCUT2D eigenvalue weighted by Crippen LogP contribution is -2.62. The largest absolute Gasteiger partial charge is 0.494 e.